The molecular weight excluding hydrogens is 226 g/mol. The maximum atomic E-state index is 12.1. The molecule has 1 aliphatic carbocycles. The molecule has 0 unspecified atom stereocenters. The predicted molar refractivity (Wildman–Crippen MR) is 71.7 cm³/mol. The van der Waals surface area contributed by atoms with Crippen LogP contribution in [-0.2, 0) is 4.79 Å². The molecule has 2 aliphatic rings. The smallest absolute Gasteiger partial charge is 0.275 e. The number of rotatable bonds is 3. The minimum absolute atomic E-state index is 0.267. The van der Waals surface area contributed by atoms with Crippen LogP contribution in [0.25, 0.3) is 0 Å². The third-order valence-corrected chi connectivity index (χ3v) is 4.68. The molecule has 1 amide bonds. The zero-order valence-corrected chi connectivity index (χ0v) is 11.9. The number of hydrogen-bond donors (Lipinski definition) is 3. The largest absolute Gasteiger partial charge is 0.348 e. The number of amides is 1. The molecule has 1 heterocycles. The van der Waals surface area contributed by atoms with Gasteiger partial charge in [0.25, 0.3) is 5.91 Å². The van der Waals surface area contributed by atoms with E-state index in [1.165, 1.54) is 43.7 Å². The van der Waals surface area contributed by atoms with Gasteiger partial charge in [0.2, 0.25) is 0 Å². The molecule has 1 aliphatic heterocycles. The first-order chi connectivity index (χ1) is 8.65. The lowest BCUT2D eigenvalue weighted by molar-refractivity contribution is -1.000. The summed E-state index contributed by atoms with van der Waals surface area (Å²) in [7, 11) is 2.24. The number of carbonyl (C=O) groups excluding carboxylic acids is 1. The van der Waals surface area contributed by atoms with Crippen molar-refractivity contribution >= 4 is 5.91 Å². The molecule has 0 bridgehead atoms. The minimum Gasteiger partial charge on any atom is -0.348 e. The zero-order chi connectivity index (χ0) is 13.0. The van der Waals surface area contributed by atoms with Crippen molar-refractivity contribution in [3.05, 3.63) is 0 Å². The Morgan fingerprint density at radius 2 is 1.83 bits per heavy atom. The van der Waals surface area contributed by atoms with Crippen LogP contribution in [0.15, 0.2) is 0 Å². The Morgan fingerprint density at radius 1 is 1.17 bits per heavy atom. The predicted octanol–water partition coefficient (Wildman–Crippen LogP) is -1.91. The number of quaternary nitrogens is 2. The Hall–Kier alpha value is -0.610. The van der Waals surface area contributed by atoms with E-state index in [4.69, 9.17) is 0 Å². The van der Waals surface area contributed by atoms with Crippen LogP contribution in [0.2, 0.25) is 0 Å². The summed E-state index contributed by atoms with van der Waals surface area (Å²) in [6.07, 6.45) is 5.06. The van der Waals surface area contributed by atoms with Crippen LogP contribution in [-0.4, -0.2) is 51.7 Å². The van der Waals surface area contributed by atoms with E-state index in [0.29, 0.717) is 18.5 Å². The highest BCUT2D eigenvalue weighted by molar-refractivity contribution is 5.77. The zero-order valence-electron chi connectivity index (χ0n) is 11.9. The highest BCUT2D eigenvalue weighted by Gasteiger charge is 2.26. The Bertz CT molecular complexity index is 274. The van der Waals surface area contributed by atoms with E-state index in [1.807, 2.05) is 0 Å². The molecule has 0 radical (unpaired) electrons. The van der Waals surface area contributed by atoms with Crippen molar-refractivity contribution in [2.75, 3.05) is 39.8 Å². The fourth-order valence-electron chi connectivity index (χ4n) is 3.22. The number of carbonyl (C=O) groups is 1. The van der Waals surface area contributed by atoms with Crippen LogP contribution < -0.4 is 15.1 Å². The number of nitrogens with one attached hydrogen (secondary N) is 3. The molecule has 4 heteroatoms. The third kappa shape index (κ3) is 3.95. The highest BCUT2D eigenvalue weighted by atomic mass is 16.2. The van der Waals surface area contributed by atoms with E-state index < -0.39 is 0 Å². The van der Waals surface area contributed by atoms with Gasteiger partial charge >= 0.3 is 0 Å². The van der Waals surface area contributed by atoms with Gasteiger partial charge in [-0.2, -0.15) is 0 Å². The van der Waals surface area contributed by atoms with Crippen molar-refractivity contribution in [2.24, 2.45) is 5.92 Å². The molecule has 1 saturated heterocycles. The average Bonchev–Trinajstić information content (AvgIpc) is 2.35. The summed E-state index contributed by atoms with van der Waals surface area (Å²) in [5, 5.41) is 3.26. The molecule has 0 aromatic carbocycles. The van der Waals surface area contributed by atoms with E-state index in [1.54, 1.807) is 4.90 Å². The number of likely N-dealkylation sites (N-methyl/N-ethyl adjacent to an activating group) is 1. The van der Waals surface area contributed by atoms with Crippen LogP contribution in [0.1, 0.15) is 32.6 Å². The topological polar surface area (TPSA) is 38.0 Å². The van der Waals surface area contributed by atoms with Gasteiger partial charge in [0.1, 0.15) is 26.2 Å². The molecule has 18 heavy (non-hydrogen) atoms. The summed E-state index contributed by atoms with van der Waals surface area (Å²) in [5.41, 5.74) is 0. The number of hydrogen-bond acceptors (Lipinski definition) is 1. The minimum atomic E-state index is 0.267. The van der Waals surface area contributed by atoms with Gasteiger partial charge in [-0.1, -0.05) is 19.8 Å². The van der Waals surface area contributed by atoms with Gasteiger partial charge in [0.15, 0.2) is 6.54 Å². The molecular formula is C14H29N3O+2. The normalized spacial score (nSPS) is 37.2. The molecule has 3 N–H and O–H groups in total. The molecule has 2 rings (SSSR count). The second-order valence-corrected chi connectivity index (χ2v) is 6.32. The average molecular weight is 255 g/mol. The lowest BCUT2D eigenvalue weighted by Crippen LogP contribution is -3.27. The first kappa shape index (κ1) is 13.8. The van der Waals surface area contributed by atoms with Crippen LogP contribution in [0.5, 0.6) is 0 Å². The summed E-state index contributed by atoms with van der Waals surface area (Å²) in [4.78, 5) is 15.1. The Morgan fingerprint density at radius 3 is 2.50 bits per heavy atom. The molecule has 4 nitrogen and oxygen atoms in total. The number of piperazine rings is 1. The van der Waals surface area contributed by atoms with Crippen molar-refractivity contribution in [3.63, 3.8) is 0 Å². The fourth-order valence-corrected chi connectivity index (χ4v) is 3.22. The fraction of sp³-hybridized carbons (Fsp3) is 0.929. The summed E-state index contributed by atoms with van der Waals surface area (Å²) < 4.78 is 0. The van der Waals surface area contributed by atoms with Gasteiger partial charge in [-0.05, 0) is 18.8 Å². The van der Waals surface area contributed by atoms with E-state index in [0.717, 1.165) is 13.1 Å². The molecule has 2 atom stereocenters. The van der Waals surface area contributed by atoms with Crippen LogP contribution in [0.3, 0.4) is 0 Å². The molecule has 0 spiro atoms. The van der Waals surface area contributed by atoms with Gasteiger partial charge in [0, 0.05) is 6.04 Å². The standard InChI is InChI=1S/C14H27N3O/c1-12-5-3-4-6-13(12)15-14(18)11-17-9-7-16(2)8-10-17/h12-13H,3-11H2,1-2H3,(H,15,18)/p+2/t12-,13-/m1/s1. The molecule has 0 aromatic heterocycles. The maximum Gasteiger partial charge on any atom is 0.275 e. The molecule has 2 fully saturated rings. The van der Waals surface area contributed by atoms with Gasteiger partial charge in [-0.15, -0.1) is 0 Å². The van der Waals surface area contributed by atoms with Gasteiger partial charge in [-0.3, -0.25) is 4.79 Å². The van der Waals surface area contributed by atoms with Crippen LogP contribution in [0.4, 0.5) is 0 Å². The lowest BCUT2D eigenvalue weighted by atomic mass is 9.86. The van der Waals surface area contributed by atoms with Crippen LogP contribution in [0, 0.1) is 5.92 Å². The van der Waals surface area contributed by atoms with Crippen molar-refractivity contribution in [1.29, 1.82) is 0 Å². The highest BCUT2D eigenvalue weighted by Crippen LogP contribution is 2.23. The SMILES string of the molecule is C[C@@H]1CCCC[C@H]1NC(=O)C[NH+]1CC[NH+](C)CC1. The monoisotopic (exact) mass is 255 g/mol. The summed E-state index contributed by atoms with van der Waals surface area (Å²) in [5.74, 6) is 0.929. The summed E-state index contributed by atoms with van der Waals surface area (Å²) >= 11 is 0. The van der Waals surface area contributed by atoms with Crippen molar-refractivity contribution in [3.8, 4) is 0 Å². The lowest BCUT2D eigenvalue weighted by Gasteiger charge is -2.31. The van der Waals surface area contributed by atoms with Crippen LogP contribution >= 0.6 is 0 Å². The van der Waals surface area contributed by atoms with Crippen molar-refractivity contribution < 1.29 is 14.6 Å². The first-order valence-corrected chi connectivity index (χ1v) is 7.59. The van der Waals surface area contributed by atoms with Crippen molar-refractivity contribution in [2.45, 2.75) is 38.6 Å². The van der Waals surface area contributed by atoms with Gasteiger partial charge in [-0.25, -0.2) is 0 Å². The Balaban J connectivity index is 1.71. The molecule has 1 saturated carbocycles. The van der Waals surface area contributed by atoms with Crippen molar-refractivity contribution in [1.82, 2.24) is 5.32 Å². The Kier molecular flexibility index (Phi) is 5.01. The maximum absolute atomic E-state index is 12.1. The van der Waals surface area contributed by atoms with E-state index in [2.05, 4.69) is 19.3 Å². The Labute approximate surface area is 111 Å². The first-order valence-electron chi connectivity index (χ1n) is 7.59. The second kappa shape index (κ2) is 6.53. The summed E-state index contributed by atoms with van der Waals surface area (Å²) in [6, 6.07) is 0.434. The van der Waals surface area contributed by atoms with E-state index >= 15 is 0 Å². The van der Waals surface area contributed by atoms with E-state index in [-0.39, 0.29) is 5.91 Å². The molecule has 104 valence electrons. The van der Waals surface area contributed by atoms with Gasteiger partial charge < -0.3 is 15.1 Å². The third-order valence-electron chi connectivity index (χ3n) is 4.68. The molecule has 0 aromatic rings. The quantitative estimate of drug-likeness (QED) is 0.541. The van der Waals surface area contributed by atoms with Gasteiger partial charge in [0.05, 0.1) is 7.05 Å². The van der Waals surface area contributed by atoms with E-state index in [9.17, 15) is 4.79 Å². The second-order valence-electron chi connectivity index (χ2n) is 6.32. The summed E-state index contributed by atoms with van der Waals surface area (Å²) in [6.45, 7) is 7.62.